The van der Waals surface area contributed by atoms with Gasteiger partial charge in [-0.15, -0.1) is 17.1 Å². The number of aromatic nitrogens is 1. The topological polar surface area (TPSA) is 4.93 Å². The van der Waals surface area contributed by atoms with Gasteiger partial charge in [0.25, 0.3) is 0 Å². The van der Waals surface area contributed by atoms with Crippen molar-refractivity contribution in [2.45, 2.75) is 47.5 Å². The summed E-state index contributed by atoms with van der Waals surface area (Å²) in [7, 11) is 0. The van der Waals surface area contributed by atoms with E-state index in [1.807, 2.05) is 31.3 Å². The first-order chi connectivity index (χ1) is 23.0. The van der Waals surface area contributed by atoms with Crippen LogP contribution in [0.5, 0.6) is 0 Å². The standard InChI is InChI=1S/C43H31NS.C2H6.CH4/c1-4-12-37-41(29-23-21-28(22-24-29)27-13-5-6-14-27)34-25-33-30-15-7-9-18-35(30)43(2,3)36(33)26-39(34)44(37)38-19-11-17-32-31-16-8-10-20-40(31)45-42(32)38;1-2;/h4-13,15-26H,1-3H3;1-2H3;1H4/b12-4-;;. The average Bonchev–Trinajstić information content (AvgIpc) is 3.89. The molecular formula is C46H41NS. The lowest BCUT2D eigenvalue weighted by atomic mass is 9.82. The molecule has 0 spiro atoms. The minimum Gasteiger partial charge on any atom is -0.308 e. The SMILES string of the molecule is C.C/C=C\c1c(-c2ccc(C3=C=CC=C3)cc2)c2cc3c(cc2n1-c1cccc2c1sc1ccccc12)C(C)(C)c1ccccc1-3.CC. The Bertz CT molecular complexity index is 2480. The highest BCUT2D eigenvalue weighted by Gasteiger charge is 2.36. The van der Waals surface area contributed by atoms with Crippen LogP contribution in [-0.4, -0.2) is 4.57 Å². The fourth-order valence-corrected chi connectivity index (χ4v) is 8.82. The third kappa shape index (κ3) is 4.60. The maximum atomic E-state index is 3.36. The van der Waals surface area contributed by atoms with E-state index in [1.54, 1.807) is 0 Å². The number of rotatable bonds is 4. The summed E-state index contributed by atoms with van der Waals surface area (Å²) in [5, 5.41) is 3.91. The number of nitrogens with zero attached hydrogens (tertiary/aromatic N) is 1. The number of hydrogen-bond donors (Lipinski definition) is 0. The number of fused-ring (bicyclic) bond motifs is 7. The molecule has 2 aliphatic rings. The molecule has 2 heterocycles. The Balaban J connectivity index is 0.00000119. The Morgan fingerprint density at radius 2 is 1.46 bits per heavy atom. The predicted molar refractivity (Wildman–Crippen MR) is 213 cm³/mol. The Kier molecular flexibility index (Phi) is 7.96. The van der Waals surface area contributed by atoms with Gasteiger partial charge in [-0.1, -0.05) is 126 Å². The second-order valence-electron chi connectivity index (χ2n) is 12.6. The molecule has 0 amide bonds. The van der Waals surface area contributed by atoms with Gasteiger partial charge in [0.2, 0.25) is 0 Å². The summed E-state index contributed by atoms with van der Waals surface area (Å²) in [5.41, 5.74) is 17.2. The van der Waals surface area contributed by atoms with Gasteiger partial charge in [0.15, 0.2) is 0 Å². The lowest BCUT2D eigenvalue weighted by Gasteiger charge is -2.21. The number of allylic oxidation sites excluding steroid dienone is 4. The maximum absolute atomic E-state index is 3.36. The van der Waals surface area contributed by atoms with Crippen LogP contribution in [0.4, 0.5) is 0 Å². The monoisotopic (exact) mass is 639 g/mol. The number of hydrogen-bond acceptors (Lipinski definition) is 1. The maximum Gasteiger partial charge on any atom is 0.0640 e. The van der Waals surface area contributed by atoms with Gasteiger partial charge >= 0.3 is 0 Å². The number of thiophene rings is 1. The molecule has 0 N–H and O–H groups in total. The quantitative estimate of drug-likeness (QED) is 0.169. The van der Waals surface area contributed by atoms with Crippen LogP contribution < -0.4 is 0 Å². The molecule has 2 aliphatic carbocycles. The van der Waals surface area contributed by atoms with Crippen LogP contribution in [0.25, 0.3) is 70.7 Å². The van der Waals surface area contributed by atoms with E-state index in [2.05, 4.69) is 159 Å². The van der Waals surface area contributed by atoms with Crippen molar-refractivity contribution in [3.05, 3.63) is 156 Å². The number of benzene rings is 5. The fraction of sp³-hybridized carbons (Fsp3) is 0.152. The molecular weight excluding hydrogens is 599 g/mol. The third-order valence-corrected chi connectivity index (χ3v) is 10.9. The molecule has 7 aromatic rings. The average molecular weight is 640 g/mol. The molecule has 0 unspecified atom stereocenters. The smallest absolute Gasteiger partial charge is 0.0640 e. The largest absolute Gasteiger partial charge is 0.308 e. The first-order valence-electron chi connectivity index (χ1n) is 16.6. The van der Waals surface area contributed by atoms with Crippen LogP contribution >= 0.6 is 11.3 Å². The normalized spacial score (nSPS) is 13.9. The van der Waals surface area contributed by atoms with E-state index in [0.29, 0.717) is 0 Å². The van der Waals surface area contributed by atoms with Gasteiger partial charge in [0, 0.05) is 37.4 Å². The zero-order valence-corrected chi connectivity index (χ0v) is 28.4. The Labute approximate surface area is 288 Å². The van der Waals surface area contributed by atoms with Crippen molar-refractivity contribution in [3.63, 3.8) is 0 Å². The molecule has 48 heavy (non-hydrogen) atoms. The van der Waals surface area contributed by atoms with Crippen molar-refractivity contribution in [1.82, 2.24) is 4.57 Å². The predicted octanol–water partition coefficient (Wildman–Crippen LogP) is 13.8. The molecule has 0 bridgehead atoms. The molecule has 1 nitrogen and oxygen atoms in total. The van der Waals surface area contributed by atoms with Crippen LogP contribution in [0.15, 0.2) is 133 Å². The second-order valence-corrected chi connectivity index (χ2v) is 13.6. The summed E-state index contributed by atoms with van der Waals surface area (Å²) < 4.78 is 5.17. The first kappa shape index (κ1) is 31.5. The van der Waals surface area contributed by atoms with Gasteiger partial charge in [0.1, 0.15) is 0 Å². The molecule has 2 aromatic heterocycles. The molecule has 236 valence electrons. The Hall–Kier alpha value is -5.14. The molecule has 0 fully saturated rings. The third-order valence-electron chi connectivity index (χ3n) is 9.74. The van der Waals surface area contributed by atoms with Crippen molar-refractivity contribution in [1.29, 1.82) is 0 Å². The van der Waals surface area contributed by atoms with E-state index >= 15 is 0 Å². The van der Waals surface area contributed by atoms with Crippen molar-refractivity contribution in [2.24, 2.45) is 0 Å². The summed E-state index contributed by atoms with van der Waals surface area (Å²) >= 11 is 1.89. The van der Waals surface area contributed by atoms with Gasteiger partial charge < -0.3 is 4.57 Å². The molecule has 0 atom stereocenters. The Morgan fingerprint density at radius 1 is 0.729 bits per heavy atom. The molecule has 0 saturated heterocycles. The lowest BCUT2D eigenvalue weighted by molar-refractivity contribution is 0.661. The van der Waals surface area contributed by atoms with Gasteiger partial charge in [-0.05, 0) is 82.8 Å². The highest BCUT2D eigenvalue weighted by Crippen LogP contribution is 2.52. The van der Waals surface area contributed by atoms with Crippen LogP contribution in [0.1, 0.15) is 64.4 Å². The van der Waals surface area contributed by atoms with Crippen molar-refractivity contribution in [2.75, 3.05) is 0 Å². The first-order valence-corrected chi connectivity index (χ1v) is 17.5. The highest BCUT2D eigenvalue weighted by molar-refractivity contribution is 7.26. The summed E-state index contributed by atoms with van der Waals surface area (Å²) in [4.78, 5) is 0. The summed E-state index contributed by atoms with van der Waals surface area (Å²) in [6.07, 6.45) is 10.6. The molecule has 2 heteroatoms. The van der Waals surface area contributed by atoms with E-state index < -0.39 is 0 Å². The van der Waals surface area contributed by atoms with E-state index in [1.165, 1.54) is 81.4 Å². The molecule has 9 rings (SSSR count). The second kappa shape index (κ2) is 12.1. The molecule has 0 radical (unpaired) electrons. The van der Waals surface area contributed by atoms with Gasteiger partial charge in [-0.3, -0.25) is 0 Å². The van der Waals surface area contributed by atoms with E-state index in [0.717, 1.165) is 5.57 Å². The van der Waals surface area contributed by atoms with Gasteiger partial charge in [-0.2, -0.15) is 0 Å². The zero-order chi connectivity index (χ0) is 32.3. The van der Waals surface area contributed by atoms with Crippen LogP contribution in [0.3, 0.4) is 0 Å². The van der Waals surface area contributed by atoms with E-state index in [-0.39, 0.29) is 12.8 Å². The molecule has 0 saturated carbocycles. The highest BCUT2D eigenvalue weighted by atomic mass is 32.1. The van der Waals surface area contributed by atoms with E-state index in [4.69, 9.17) is 0 Å². The summed E-state index contributed by atoms with van der Waals surface area (Å²) in [6.45, 7) is 10.9. The Morgan fingerprint density at radius 3 is 2.23 bits per heavy atom. The molecule has 0 aliphatic heterocycles. The fourth-order valence-electron chi connectivity index (χ4n) is 7.61. The molecule has 5 aromatic carbocycles. The van der Waals surface area contributed by atoms with Crippen molar-refractivity contribution >= 4 is 54.1 Å². The van der Waals surface area contributed by atoms with Crippen LogP contribution in [0, 0.1) is 0 Å². The van der Waals surface area contributed by atoms with Crippen LogP contribution in [0.2, 0.25) is 0 Å². The summed E-state index contributed by atoms with van der Waals surface area (Å²) in [5.74, 6) is 0. The van der Waals surface area contributed by atoms with Crippen LogP contribution in [-0.2, 0) is 5.41 Å². The minimum absolute atomic E-state index is 0. The van der Waals surface area contributed by atoms with Gasteiger partial charge in [-0.25, -0.2) is 0 Å². The summed E-state index contributed by atoms with van der Waals surface area (Å²) in [6, 6.07) is 38.5. The minimum atomic E-state index is -0.0859. The lowest BCUT2D eigenvalue weighted by Crippen LogP contribution is -2.15. The van der Waals surface area contributed by atoms with E-state index in [9.17, 15) is 0 Å². The zero-order valence-electron chi connectivity index (χ0n) is 27.6. The van der Waals surface area contributed by atoms with Crippen molar-refractivity contribution in [3.8, 4) is 27.9 Å². The van der Waals surface area contributed by atoms with Crippen molar-refractivity contribution < 1.29 is 0 Å². The van der Waals surface area contributed by atoms with Gasteiger partial charge in [0.05, 0.1) is 21.6 Å².